The zero-order chi connectivity index (χ0) is 42.4. The average Bonchev–Trinajstić information content (AvgIpc) is 4.09. The molecule has 0 bridgehead atoms. The van der Waals surface area contributed by atoms with E-state index in [9.17, 15) is 15.2 Å². The lowest BCUT2D eigenvalue weighted by molar-refractivity contribution is -0.132. The van der Waals surface area contributed by atoms with Gasteiger partial charge in [-0.3, -0.25) is 0 Å². The van der Waals surface area contributed by atoms with E-state index in [0.717, 1.165) is 83.7 Å². The number of ether oxygens (including phenoxy) is 2. The van der Waals surface area contributed by atoms with Crippen molar-refractivity contribution in [1.29, 1.82) is 5.26 Å². The number of rotatable bonds is 21. The molecule has 61 heavy (non-hydrogen) atoms. The highest BCUT2D eigenvalue weighted by atomic mass is 32.1. The Hall–Kier alpha value is -6.48. The molecule has 11 heteroatoms. The van der Waals surface area contributed by atoms with Crippen LogP contribution >= 0.6 is 22.7 Å². The molecule has 0 aliphatic carbocycles. The smallest absolute Gasteiger partial charge is 0.346 e. The molecule has 310 valence electrons. The Bertz CT molecular complexity index is 2530. The molecule has 0 saturated carbocycles. The summed E-state index contributed by atoms with van der Waals surface area (Å²) < 4.78 is 14.3. The fraction of sp³-hybridized carbons (Fsp3) is 0.240. The molecular weight excluding hydrogens is 799 g/mol. The maximum absolute atomic E-state index is 11.8. The minimum Gasteiger partial charge on any atom is -0.493 e. The highest BCUT2D eigenvalue weighted by molar-refractivity contribution is 7.25. The zero-order valence-electron chi connectivity index (χ0n) is 34.5. The third-order valence-corrected chi connectivity index (χ3v) is 12.6. The Labute approximate surface area is 365 Å². The molecule has 0 amide bonds. The van der Waals surface area contributed by atoms with Crippen molar-refractivity contribution in [1.82, 2.24) is 15.0 Å². The number of nitrogens with zero attached hydrogens (tertiary/aromatic N) is 5. The van der Waals surface area contributed by atoms with Crippen LogP contribution in [0.2, 0.25) is 0 Å². The summed E-state index contributed by atoms with van der Waals surface area (Å²) in [6, 6.07) is 43.4. The summed E-state index contributed by atoms with van der Waals surface area (Å²) in [5.74, 6) is -0.359. The first-order valence-corrected chi connectivity index (χ1v) is 22.5. The predicted molar refractivity (Wildman–Crippen MR) is 249 cm³/mol. The Morgan fingerprint density at radius 2 is 1.26 bits per heavy atom. The van der Waals surface area contributed by atoms with E-state index >= 15 is 0 Å². The number of benzene rings is 4. The Morgan fingerprint density at radius 1 is 0.705 bits per heavy atom. The molecule has 1 N–H and O–H groups in total. The molecule has 7 rings (SSSR count). The zero-order valence-corrected chi connectivity index (χ0v) is 36.1. The van der Waals surface area contributed by atoms with Crippen LogP contribution in [0.25, 0.3) is 42.5 Å². The minimum absolute atomic E-state index is 0.390. The molecule has 7 aromatic rings. The summed E-state index contributed by atoms with van der Waals surface area (Å²) in [6.07, 6.45) is 11.4. The van der Waals surface area contributed by atoms with E-state index in [0.29, 0.717) is 41.7 Å². The number of unbranched alkanes of at least 4 members (excludes halogenated alkanes) is 6. The molecular formula is C50H49N5O4S2. The summed E-state index contributed by atoms with van der Waals surface area (Å²) in [4.78, 5) is 18.6. The SMILES string of the molecule is CCCCCCOc1cc(-n2cc(-c3ccc(-c4ccc(-c5ccc(N(c6ccccc6)c6ccccc6)cc5)s4)s3)nn2)c(OCCCCCC)cc1/C=C(/C#N)C(=O)O. The Morgan fingerprint density at radius 3 is 1.85 bits per heavy atom. The molecule has 0 radical (unpaired) electrons. The van der Waals surface area contributed by atoms with Crippen LogP contribution in [0.4, 0.5) is 17.1 Å². The van der Waals surface area contributed by atoms with Crippen molar-refractivity contribution in [3.63, 3.8) is 0 Å². The Balaban J connectivity index is 1.13. The van der Waals surface area contributed by atoms with Crippen molar-refractivity contribution >= 4 is 51.8 Å². The van der Waals surface area contributed by atoms with E-state index in [1.54, 1.807) is 39.5 Å². The van der Waals surface area contributed by atoms with E-state index in [1.165, 1.54) is 15.8 Å². The topological polar surface area (TPSA) is 113 Å². The number of aliphatic carboxylic acids is 1. The fourth-order valence-electron chi connectivity index (χ4n) is 6.92. The van der Waals surface area contributed by atoms with Gasteiger partial charge in [0.05, 0.1) is 24.3 Å². The van der Waals surface area contributed by atoms with Gasteiger partial charge in [-0.05, 0) is 91.2 Å². The molecule has 0 aliphatic heterocycles. The number of carbonyl (C=O) groups is 1. The fourth-order valence-corrected chi connectivity index (χ4v) is 8.98. The van der Waals surface area contributed by atoms with Gasteiger partial charge in [-0.2, -0.15) is 5.26 Å². The first-order valence-electron chi connectivity index (χ1n) is 20.9. The van der Waals surface area contributed by atoms with Crippen molar-refractivity contribution in [3.05, 3.63) is 139 Å². The normalized spacial score (nSPS) is 11.3. The van der Waals surface area contributed by atoms with Gasteiger partial charge in [0, 0.05) is 43.3 Å². The van der Waals surface area contributed by atoms with Gasteiger partial charge in [-0.1, -0.05) is 106 Å². The minimum atomic E-state index is -1.30. The van der Waals surface area contributed by atoms with Crippen LogP contribution in [0, 0.1) is 11.3 Å². The van der Waals surface area contributed by atoms with Gasteiger partial charge >= 0.3 is 5.97 Å². The lowest BCUT2D eigenvalue weighted by Crippen LogP contribution is -2.09. The molecule has 3 aromatic heterocycles. The van der Waals surface area contributed by atoms with Crippen LogP contribution in [-0.2, 0) is 4.79 Å². The summed E-state index contributed by atoms with van der Waals surface area (Å²) in [7, 11) is 0. The van der Waals surface area contributed by atoms with Crippen LogP contribution in [0.1, 0.15) is 70.8 Å². The largest absolute Gasteiger partial charge is 0.493 e. The van der Waals surface area contributed by atoms with Gasteiger partial charge < -0.3 is 19.5 Å². The monoisotopic (exact) mass is 847 g/mol. The first-order chi connectivity index (χ1) is 29.9. The van der Waals surface area contributed by atoms with E-state index in [1.807, 2.05) is 24.4 Å². The number of hydrogen-bond acceptors (Lipinski definition) is 9. The molecule has 0 unspecified atom stereocenters. The number of para-hydroxylation sites is 2. The van der Waals surface area contributed by atoms with E-state index < -0.39 is 5.97 Å². The number of carboxylic acids is 1. The summed E-state index contributed by atoms with van der Waals surface area (Å²) in [6.45, 7) is 5.24. The lowest BCUT2D eigenvalue weighted by Gasteiger charge is -2.25. The molecule has 3 heterocycles. The van der Waals surface area contributed by atoms with Crippen LogP contribution in [0.3, 0.4) is 0 Å². The molecule has 9 nitrogen and oxygen atoms in total. The van der Waals surface area contributed by atoms with E-state index in [2.05, 4.69) is 126 Å². The summed E-state index contributed by atoms with van der Waals surface area (Å²) >= 11 is 3.41. The molecule has 4 aromatic carbocycles. The number of anilines is 3. The Kier molecular flexibility index (Phi) is 14.8. The quantitative estimate of drug-likeness (QED) is 0.0432. The van der Waals surface area contributed by atoms with E-state index in [4.69, 9.17) is 9.47 Å². The molecule has 0 aliphatic rings. The second kappa shape index (κ2) is 21.2. The maximum Gasteiger partial charge on any atom is 0.346 e. The number of nitriles is 1. The van der Waals surface area contributed by atoms with E-state index in [-0.39, 0.29) is 5.57 Å². The van der Waals surface area contributed by atoms with Crippen LogP contribution in [-0.4, -0.2) is 39.3 Å². The second-order valence-electron chi connectivity index (χ2n) is 14.6. The van der Waals surface area contributed by atoms with Crippen molar-refractivity contribution in [2.45, 2.75) is 65.2 Å². The number of thiophene rings is 2. The number of carboxylic acid groups (broad SMARTS) is 1. The molecule has 0 spiro atoms. The molecule has 0 atom stereocenters. The van der Waals surface area contributed by atoms with Gasteiger partial charge in [-0.15, -0.1) is 27.8 Å². The van der Waals surface area contributed by atoms with Crippen molar-refractivity contribution in [3.8, 4) is 54.0 Å². The van der Waals surface area contributed by atoms with Crippen LogP contribution < -0.4 is 14.4 Å². The second-order valence-corrected chi connectivity index (χ2v) is 16.7. The van der Waals surface area contributed by atoms with Gasteiger partial charge in [0.2, 0.25) is 0 Å². The first kappa shape index (κ1) is 42.6. The predicted octanol–water partition coefficient (Wildman–Crippen LogP) is 13.8. The van der Waals surface area contributed by atoms with Crippen molar-refractivity contribution in [2.75, 3.05) is 18.1 Å². The lowest BCUT2D eigenvalue weighted by atomic mass is 10.1. The number of hydrogen-bond donors (Lipinski definition) is 1. The summed E-state index contributed by atoms with van der Waals surface area (Å²) in [5.41, 5.74) is 5.84. The third-order valence-electron chi connectivity index (χ3n) is 10.1. The molecule has 0 fully saturated rings. The summed E-state index contributed by atoms with van der Waals surface area (Å²) in [5, 5.41) is 28.4. The highest BCUT2D eigenvalue weighted by Gasteiger charge is 2.19. The molecule has 0 saturated heterocycles. The maximum atomic E-state index is 11.8. The van der Waals surface area contributed by atoms with Crippen LogP contribution in [0.15, 0.2) is 133 Å². The van der Waals surface area contributed by atoms with Gasteiger partial charge in [0.25, 0.3) is 0 Å². The van der Waals surface area contributed by atoms with Gasteiger partial charge in [0.1, 0.15) is 34.5 Å². The van der Waals surface area contributed by atoms with Gasteiger partial charge in [-0.25, -0.2) is 9.48 Å². The van der Waals surface area contributed by atoms with Crippen molar-refractivity contribution in [2.24, 2.45) is 0 Å². The standard InChI is InChI=1S/C50H49N5O4S2/c1-3-5-7-15-29-58-44-33-43(45(59-30-16-8-6-4-2)32-37(44)31-38(34-51)50(56)57)54-35-42(52-53-54)47-26-28-49(61-47)48-27-25-46(60-48)36-21-23-41(24-22-36)55(39-17-11-9-12-18-39)40-19-13-10-14-20-40/h9-14,17-28,31-33,35H,3-8,15-16,29-30H2,1-2H3,(H,56,57)/b38-31-. The van der Waals surface area contributed by atoms with Crippen molar-refractivity contribution < 1.29 is 19.4 Å². The highest BCUT2D eigenvalue weighted by Crippen LogP contribution is 2.42. The van der Waals surface area contributed by atoms with Crippen LogP contribution in [0.5, 0.6) is 11.5 Å². The third kappa shape index (κ3) is 10.8. The van der Waals surface area contributed by atoms with Gasteiger partial charge in [0.15, 0.2) is 0 Å². The number of aromatic nitrogens is 3. The average molecular weight is 848 g/mol.